The van der Waals surface area contributed by atoms with E-state index >= 15 is 0 Å². The second-order valence-electron chi connectivity index (χ2n) is 2.45. The lowest BCUT2D eigenvalue weighted by molar-refractivity contribution is 0.125. The van der Waals surface area contributed by atoms with Gasteiger partial charge in [0.1, 0.15) is 0 Å². The van der Waals surface area contributed by atoms with E-state index in [1.165, 1.54) is 0 Å². The van der Waals surface area contributed by atoms with E-state index in [2.05, 4.69) is 0 Å². The fourth-order valence-electron chi connectivity index (χ4n) is 0.939. The van der Waals surface area contributed by atoms with E-state index < -0.39 is 8.80 Å². The van der Waals surface area contributed by atoms with Gasteiger partial charge in [0.05, 0.1) is 0 Å². The van der Waals surface area contributed by atoms with Crippen molar-refractivity contribution in [2.75, 3.05) is 39.4 Å². The van der Waals surface area contributed by atoms with Crippen LogP contribution in [-0.4, -0.2) is 48.2 Å². The van der Waals surface area contributed by atoms with Gasteiger partial charge in [-0.05, 0) is 5.75 Å². The van der Waals surface area contributed by atoms with Crippen molar-refractivity contribution >= 4 is 33.0 Å². The number of halogens is 1. The third-order valence-corrected chi connectivity index (χ3v) is 5.86. The Morgan fingerprint density at radius 1 is 1.07 bits per heavy atom. The number of hydrogen-bond acceptors (Lipinski definition) is 5. The molecule has 0 radical (unpaired) electrons. The molecule has 0 rings (SSSR count). The van der Waals surface area contributed by atoms with E-state index in [4.69, 9.17) is 19.0 Å². The lowest BCUT2D eigenvalue weighted by atomic mass is 10.8. The predicted octanol–water partition coefficient (Wildman–Crippen LogP) is 0.978. The minimum absolute atomic E-state index is 0. The first kappa shape index (κ1) is 17.1. The number of nitrogens with two attached hydrogens (primary N) is 1. The van der Waals surface area contributed by atoms with Gasteiger partial charge in [0.15, 0.2) is 0 Å². The van der Waals surface area contributed by atoms with Gasteiger partial charge in [-0.2, -0.15) is 11.8 Å². The van der Waals surface area contributed by atoms with Crippen molar-refractivity contribution in [3.63, 3.8) is 0 Å². The molecule has 0 saturated heterocycles. The maximum Gasteiger partial charge on any atom is 0.500 e. The molecule has 0 amide bonds. The third kappa shape index (κ3) is 6.23. The molecule has 0 unspecified atom stereocenters. The minimum Gasteiger partial charge on any atom is -0.377 e. The smallest absolute Gasteiger partial charge is 0.377 e. The van der Waals surface area contributed by atoms with Crippen molar-refractivity contribution in [3.8, 4) is 0 Å². The van der Waals surface area contributed by atoms with Crippen LogP contribution in [0.1, 0.15) is 0 Å². The first-order chi connectivity index (χ1) is 6.24. The summed E-state index contributed by atoms with van der Waals surface area (Å²) in [6.07, 6.45) is 0. The van der Waals surface area contributed by atoms with Gasteiger partial charge in [0.25, 0.3) is 0 Å². The van der Waals surface area contributed by atoms with E-state index in [0.717, 1.165) is 17.5 Å². The second kappa shape index (κ2) is 10.2. The summed E-state index contributed by atoms with van der Waals surface area (Å²) in [5, 5.41) is 0. The van der Waals surface area contributed by atoms with Gasteiger partial charge in [-0.15, -0.1) is 12.4 Å². The molecule has 0 aromatic carbocycles. The molecule has 0 atom stereocenters. The highest BCUT2D eigenvalue weighted by Gasteiger charge is 2.36. The van der Waals surface area contributed by atoms with Gasteiger partial charge in [-0.1, -0.05) is 0 Å². The summed E-state index contributed by atoms with van der Waals surface area (Å²) in [4.78, 5) is 0. The molecule has 0 aromatic heterocycles. The average molecular weight is 262 g/mol. The molecule has 0 bridgehead atoms. The zero-order valence-corrected chi connectivity index (χ0v) is 11.6. The van der Waals surface area contributed by atoms with Crippen LogP contribution in [0.15, 0.2) is 0 Å². The summed E-state index contributed by atoms with van der Waals surface area (Å²) in [7, 11) is 2.57. The summed E-state index contributed by atoms with van der Waals surface area (Å²) in [5.74, 6) is 1.95. The molecule has 0 fully saturated rings. The van der Waals surface area contributed by atoms with Gasteiger partial charge in [0, 0.05) is 39.7 Å². The molecule has 0 aliphatic heterocycles. The Morgan fingerprint density at radius 2 is 1.57 bits per heavy atom. The SMILES string of the molecule is CO[Si](CCSCCN)(OC)OC.Cl. The highest BCUT2D eigenvalue weighted by molar-refractivity contribution is 7.99. The lowest BCUT2D eigenvalue weighted by Crippen LogP contribution is -2.43. The monoisotopic (exact) mass is 261 g/mol. The molecule has 0 aliphatic carbocycles. The van der Waals surface area contributed by atoms with Crippen molar-refractivity contribution in [2.45, 2.75) is 6.04 Å². The van der Waals surface area contributed by atoms with E-state index in [1.807, 2.05) is 0 Å². The lowest BCUT2D eigenvalue weighted by Gasteiger charge is -2.23. The van der Waals surface area contributed by atoms with E-state index in [9.17, 15) is 0 Å². The zero-order valence-electron chi connectivity index (χ0n) is 8.95. The minimum atomic E-state index is -2.33. The first-order valence-corrected chi connectivity index (χ1v) is 7.26. The van der Waals surface area contributed by atoms with Gasteiger partial charge in [0.2, 0.25) is 0 Å². The van der Waals surface area contributed by atoms with E-state index in [0.29, 0.717) is 6.54 Å². The molecular weight excluding hydrogens is 242 g/mol. The first-order valence-electron chi connectivity index (χ1n) is 4.18. The number of hydrogen-bond donors (Lipinski definition) is 1. The van der Waals surface area contributed by atoms with Crippen molar-refractivity contribution in [1.82, 2.24) is 0 Å². The molecule has 0 heterocycles. The van der Waals surface area contributed by atoms with Crippen LogP contribution >= 0.6 is 24.2 Å². The van der Waals surface area contributed by atoms with E-state index in [-0.39, 0.29) is 12.4 Å². The Bertz CT molecular complexity index is 121. The van der Waals surface area contributed by atoms with Crippen LogP contribution < -0.4 is 5.73 Å². The van der Waals surface area contributed by atoms with Crippen LogP contribution in [0.4, 0.5) is 0 Å². The molecule has 0 aromatic rings. The highest BCUT2D eigenvalue weighted by atomic mass is 35.5. The molecule has 4 nitrogen and oxygen atoms in total. The quantitative estimate of drug-likeness (QED) is 0.522. The fraction of sp³-hybridized carbons (Fsp3) is 1.00. The van der Waals surface area contributed by atoms with Crippen LogP contribution in [0.5, 0.6) is 0 Å². The van der Waals surface area contributed by atoms with Gasteiger partial charge in [-0.3, -0.25) is 0 Å². The Balaban J connectivity index is 0. The maximum absolute atomic E-state index is 5.37. The van der Waals surface area contributed by atoms with Gasteiger partial charge in [-0.25, -0.2) is 0 Å². The summed E-state index contributed by atoms with van der Waals surface area (Å²) in [6.45, 7) is 0.714. The summed E-state index contributed by atoms with van der Waals surface area (Å²) >= 11 is 1.80. The molecular formula is C7H20ClNO3SSi. The largest absolute Gasteiger partial charge is 0.500 e. The highest BCUT2D eigenvalue weighted by Crippen LogP contribution is 2.15. The molecule has 14 heavy (non-hydrogen) atoms. The van der Waals surface area contributed by atoms with Gasteiger partial charge < -0.3 is 19.0 Å². The summed E-state index contributed by atoms with van der Waals surface area (Å²) < 4.78 is 15.8. The summed E-state index contributed by atoms with van der Waals surface area (Å²) in [6, 6.07) is 0.834. The van der Waals surface area contributed by atoms with Crippen molar-refractivity contribution in [3.05, 3.63) is 0 Å². The van der Waals surface area contributed by atoms with Crippen LogP contribution in [0.2, 0.25) is 6.04 Å². The fourth-order valence-corrected chi connectivity index (χ4v) is 4.00. The Labute approximate surface area is 97.6 Å². The molecule has 0 saturated carbocycles. The Morgan fingerprint density at radius 3 is 1.93 bits per heavy atom. The Kier molecular flexibility index (Phi) is 12.5. The molecule has 88 valence electrons. The predicted molar refractivity (Wildman–Crippen MR) is 65.2 cm³/mol. The third-order valence-electron chi connectivity index (χ3n) is 1.75. The van der Waals surface area contributed by atoms with Crippen molar-refractivity contribution < 1.29 is 13.3 Å². The normalized spacial score (nSPS) is 11.1. The number of thioether (sulfide) groups is 1. The maximum atomic E-state index is 5.37. The Hall–Kier alpha value is 0.697. The van der Waals surface area contributed by atoms with Crippen LogP contribution in [0.3, 0.4) is 0 Å². The van der Waals surface area contributed by atoms with E-state index in [1.54, 1.807) is 33.1 Å². The van der Waals surface area contributed by atoms with Crippen molar-refractivity contribution in [2.24, 2.45) is 5.73 Å². The van der Waals surface area contributed by atoms with Crippen molar-refractivity contribution in [1.29, 1.82) is 0 Å². The topological polar surface area (TPSA) is 53.7 Å². The second-order valence-corrected chi connectivity index (χ2v) is 6.76. The number of rotatable bonds is 8. The standard InChI is InChI=1S/C7H19NO3SSi.ClH/c1-9-13(10-2,11-3)7-6-12-5-4-8;/h4-8H2,1-3H3;1H. The van der Waals surface area contributed by atoms with Crippen LogP contribution in [-0.2, 0) is 13.3 Å². The zero-order chi connectivity index (χ0) is 10.2. The molecule has 7 heteroatoms. The molecule has 0 aliphatic rings. The van der Waals surface area contributed by atoms with Crippen LogP contribution in [0.25, 0.3) is 0 Å². The molecule has 0 spiro atoms. The summed E-state index contributed by atoms with van der Waals surface area (Å²) in [5.41, 5.74) is 5.37. The van der Waals surface area contributed by atoms with Gasteiger partial charge >= 0.3 is 8.80 Å². The molecule has 2 N–H and O–H groups in total. The van der Waals surface area contributed by atoms with Crippen LogP contribution in [0, 0.1) is 0 Å². The average Bonchev–Trinajstić information content (AvgIpc) is 2.20.